The van der Waals surface area contributed by atoms with E-state index in [1.165, 1.54) is 0 Å². The lowest BCUT2D eigenvalue weighted by molar-refractivity contribution is 0.00695. The third-order valence-corrected chi connectivity index (χ3v) is 5.20. The Morgan fingerprint density at radius 1 is 1.06 bits per heavy atom. The normalized spacial score (nSPS) is 11.3. The number of hydrogen-bond acceptors (Lipinski definition) is 7. The third-order valence-electron chi connectivity index (χ3n) is 4.43. The van der Waals surface area contributed by atoms with Crippen LogP contribution in [0.25, 0.3) is 0 Å². The van der Waals surface area contributed by atoms with Gasteiger partial charge >= 0.3 is 5.97 Å². The topological polar surface area (TPSA) is 60.9 Å². The predicted octanol–water partition coefficient (Wildman–Crippen LogP) is 6.23. The van der Waals surface area contributed by atoms with E-state index in [4.69, 9.17) is 14.2 Å². The van der Waals surface area contributed by atoms with Gasteiger partial charge in [-0.3, -0.25) is 4.98 Å². The number of ether oxygens (including phenoxy) is 3. The Hall–Kier alpha value is -3.06. The zero-order chi connectivity index (χ0) is 23.3. The summed E-state index contributed by atoms with van der Waals surface area (Å²) < 4.78 is 16.9. The van der Waals surface area contributed by atoms with Crippen molar-refractivity contribution < 1.29 is 19.0 Å². The highest BCUT2D eigenvalue weighted by atomic mass is 32.1. The maximum atomic E-state index is 12.4. The first kappa shape index (κ1) is 23.6. The molecule has 0 N–H and O–H groups in total. The fraction of sp³-hybridized carbons (Fsp3) is 0.360. The van der Waals surface area contributed by atoms with E-state index in [-0.39, 0.29) is 12.1 Å². The third kappa shape index (κ3) is 6.23. The van der Waals surface area contributed by atoms with Crippen molar-refractivity contribution >= 4 is 28.7 Å². The first-order chi connectivity index (χ1) is 15.2. The monoisotopic (exact) mass is 454 g/mol. The lowest BCUT2D eigenvalue weighted by atomic mass is 10.1. The maximum Gasteiger partial charge on any atom is 0.338 e. The highest BCUT2D eigenvalue weighted by molar-refractivity contribution is 7.09. The zero-order valence-electron chi connectivity index (χ0n) is 19.4. The number of aromatic nitrogens is 1. The molecule has 2 aromatic carbocycles. The lowest BCUT2D eigenvalue weighted by Gasteiger charge is -2.26. The summed E-state index contributed by atoms with van der Waals surface area (Å²) in [5, 5.41) is 0. The van der Waals surface area contributed by atoms with Crippen LogP contribution in [0, 0.1) is 0 Å². The zero-order valence-corrected chi connectivity index (χ0v) is 20.2. The molecule has 7 heteroatoms. The van der Waals surface area contributed by atoms with Crippen molar-refractivity contribution in [1.29, 1.82) is 0 Å². The van der Waals surface area contributed by atoms with Crippen LogP contribution in [-0.2, 0) is 11.3 Å². The number of carbonyl (C=O) groups excluding carboxylic acids is 1. The second-order valence-corrected chi connectivity index (χ2v) is 9.58. The van der Waals surface area contributed by atoms with E-state index in [1.54, 1.807) is 30.6 Å². The molecular weight excluding hydrogens is 424 g/mol. The largest absolute Gasteiger partial charge is 0.493 e. The molecule has 0 bridgehead atoms. The van der Waals surface area contributed by atoms with E-state index in [0.717, 1.165) is 16.3 Å². The number of esters is 1. The van der Waals surface area contributed by atoms with E-state index in [1.807, 2.05) is 76.7 Å². The molecule has 0 aliphatic rings. The highest BCUT2D eigenvalue weighted by Gasteiger charge is 2.19. The molecule has 1 heterocycles. The van der Waals surface area contributed by atoms with Crippen molar-refractivity contribution in [3.05, 3.63) is 64.6 Å². The molecule has 0 unspecified atom stereocenters. The van der Waals surface area contributed by atoms with Crippen LogP contribution in [0.3, 0.4) is 0 Å². The van der Waals surface area contributed by atoms with Gasteiger partial charge in [-0.15, -0.1) is 11.3 Å². The number of rotatable bonds is 8. The summed E-state index contributed by atoms with van der Waals surface area (Å²) in [5.74, 6) is 1.02. The SMILES string of the molecule is COc1ccc(N(Cc2cncs2)c2ccc(C(=O)OC(C)(C)C)cc2)cc1OC(C)C. The maximum absolute atomic E-state index is 12.4. The van der Waals surface area contributed by atoms with E-state index in [0.29, 0.717) is 23.6 Å². The van der Waals surface area contributed by atoms with Gasteiger partial charge in [0.25, 0.3) is 0 Å². The number of carbonyl (C=O) groups is 1. The van der Waals surface area contributed by atoms with Gasteiger partial charge in [-0.2, -0.15) is 0 Å². The molecule has 0 atom stereocenters. The Balaban J connectivity index is 1.96. The minimum absolute atomic E-state index is 0.0159. The Morgan fingerprint density at radius 3 is 2.31 bits per heavy atom. The van der Waals surface area contributed by atoms with Gasteiger partial charge in [0.1, 0.15) is 5.60 Å². The highest BCUT2D eigenvalue weighted by Crippen LogP contribution is 2.36. The van der Waals surface area contributed by atoms with Crippen LogP contribution in [0.5, 0.6) is 11.5 Å². The number of benzene rings is 2. The summed E-state index contributed by atoms with van der Waals surface area (Å²) in [6.07, 6.45) is 1.88. The minimum atomic E-state index is -0.538. The van der Waals surface area contributed by atoms with Crippen molar-refractivity contribution in [2.24, 2.45) is 0 Å². The van der Waals surface area contributed by atoms with Crippen molar-refractivity contribution in [2.75, 3.05) is 12.0 Å². The molecular formula is C25H30N2O4S. The van der Waals surface area contributed by atoms with Gasteiger partial charge in [0.05, 0.1) is 30.8 Å². The van der Waals surface area contributed by atoms with E-state index < -0.39 is 5.60 Å². The van der Waals surface area contributed by atoms with Crippen LogP contribution >= 0.6 is 11.3 Å². The molecule has 0 fully saturated rings. The van der Waals surface area contributed by atoms with Gasteiger partial charge in [-0.25, -0.2) is 4.79 Å². The van der Waals surface area contributed by atoms with Crippen LogP contribution in [-0.4, -0.2) is 29.8 Å². The first-order valence-corrected chi connectivity index (χ1v) is 11.4. The fourth-order valence-electron chi connectivity index (χ4n) is 3.10. The van der Waals surface area contributed by atoms with Gasteiger partial charge in [0.15, 0.2) is 11.5 Å². The van der Waals surface area contributed by atoms with Crippen molar-refractivity contribution in [3.8, 4) is 11.5 Å². The Kier molecular flexibility index (Phi) is 7.40. The molecule has 6 nitrogen and oxygen atoms in total. The number of anilines is 2. The van der Waals surface area contributed by atoms with Crippen LogP contribution < -0.4 is 14.4 Å². The molecule has 0 aliphatic carbocycles. The lowest BCUT2D eigenvalue weighted by Crippen LogP contribution is -2.24. The second-order valence-electron chi connectivity index (χ2n) is 8.60. The summed E-state index contributed by atoms with van der Waals surface area (Å²) in [4.78, 5) is 19.9. The average molecular weight is 455 g/mol. The van der Waals surface area contributed by atoms with Crippen molar-refractivity contribution in [3.63, 3.8) is 0 Å². The molecule has 0 saturated carbocycles. The molecule has 170 valence electrons. The predicted molar refractivity (Wildman–Crippen MR) is 128 cm³/mol. The Morgan fingerprint density at radius 2 is 1.75 bits per heavy atom. The fourth-order valence-corrected chi connectivity index (χ4v) is 3.68. The molecule has 0 radical (unpaired) electrons. The minimum Gasteiger partial charge on any atom is -0.493 e. The summed E-state index contributed by atoms with van der Waals surface area (Å²) in [5.41, 5.74) is 3.68. The Labute approximate surface area is 193 Å². The average Bonchev–Trinajstić information content (AvgIpc) is 3.24. The summed E-state index contributed by atoms with van der Waals surface area (Å²) >= 11 is 1.59. The first-order valence-electron chi connectivity index (χ1n) is 10.5. The van der Waals surface area contributed by atoms with Crippen LogP contribution in [0.4, 0.5) is 11.4 Å². The molecule has 0 saturated heterocycles. The van der Waals surface area contributed by atoms with Crippen LogP contribution in [0.2, 0.25) is 0 Å². The van der Waals surface area contributed by atoms with E-state index >= 15 is 0 Å². The smallest absolute Gasteiger partial charge is 0.338 e. The van der Waals surface area contributed by atoms with Gasteiger partial charge < -0.3 is 19.1 Å². The molecule has 1 aromatic heterocycles. The number of hydrogen-bond donors (Lipinski definition) is 0. The molecule has 3 rings (SSSR count). The van der Waals surface area contributed by atoms with Crippen molar-refractivity contribution in [1.82, 2.24) is 4.98 Å². The van der Waals surface area contributed by atoms with Gasteiger partial charge in [0.2, 0.25) is 0 Å². The van der Waals surface area contributed by atoms with Gasteiger partial charge in [-0.05, 0) is 71.0 Å². The van der Waals surface area contributed by atoms with E-state index in [2.05, 4.69) is 9.88 Å². The molecule has 3 aromatic rings. The van der Waals surface area contributed by atoms with Crippen LogP contribution in [0.15, 0.2) is 54.2 Å². The molecule has 32 heavy (non-hydrogen) atoms. The second kappa shape index (κ2) is 10.0. The van der Waals surface area contributed by atoms with Crippen LogP contribution in [0.1, 0.15) is 49.9 Å². The summed E-state index contributed by atoms with van der Waals surface area (Å²) in [7, 11) is 1.63. The van der Waals surface area contributed by atoms with E-state index in [9.17, 15) is 4.79 Å². The van der Waals surface area contributed by atoms with Crippen molar-refractivity contribution in [2.45, 2.75) is 52.9 Å². The number of thiazole rings is 1. The summed E-state index contributed by atoms with van der Waals surface area (Å²) in [6, 6.07) is 13.3. The standard InChI is InChI=1S/C25H30N2O4S/c1-17(2)30-23-13-20(11-12-22(23)29-6)27(15-21-14-26-16-32-21)19-9-7-18(8-10-19)24(28)31-25(3,4)5/h7-14,16-17H,15H2,1-6H3. The van der Waals surface area contributed by atoms with Gasteiger partial charge in [-0.1, -0.05) is 0 Å². The quantitative estimate of drug-likeness (QED) is 0.376. The summed E-state index contributed by atoms with van der Waals surface area (Å²) in [6.45, 7) is 10.2. The molecule has 0 amide bonds. The number of nitrogens with zero attached hydrogens (tertiary/aromatic N) is 2. The molecule has 0 spiro atoms. The number of methoxy groups -OCH3 is 1. The molecule has 0 aliphatic heterocycles. The Bertz CT molecular complexity index is 1030. The van der Waals surface area contributed by atoms with Gasteiger partial charge in [0, 0.05) is 28.5 Å².